The number of unbranched alkanes of at least 4 members (excludes halogenated alkanes) is 1. The van der Waals surface area contributed by atoms with E-state index in [1.807, 2.05) is 43.3 Å². The number of methoxy groups -OCH3 is 1. The van der Waals surface area contributed by atoms with Crippen LogP contribution in [0.25, 0.3) is 11.1 Å². The van der Waals surface area contributed by atoms with Crippen molar-refractivity contribution in [3.8, 4) is 11.1 Å². The predicted octanol–water partition coefficient (Wildman–Crippen LogP) is 6.24. The molecule has 0 aliphatic heterocycles. The molecule has 35 heavy (non-hydrogen) atoms. The summed E-state index contributed by atoms with van der Waals surface area (Å²) < 4.78 is 5.38. The number of hydrogen-bond acceptors (Lipinski definition) is 6. The molecule has 0 unspecified atom stereocenters. The SMILES string of the molecule is CCCCC(=O)N(Cc1ccc(-c2ccccc2C(=O)OC)cc1)c1ncc(Br)c(C)c1[N+](=O)[O-]. The minimum absolute atomic E-state index is 0.0249. The van der Waals surface area contributed by atoms with Crippen molar-refractivity contribution < 1.29 is 19.2 Å². The van der Waals surface area contributed by atoms with E-state index in [4.69, 9.17) is 4.74 Å². The molecule has 3 rings (SSSR count). The summed E-state index contributed by atoms with van der Waals surface area (Å²) in [6.45, 7) is 3.72. The van der Waals surface area contributed by atoms with E-state index >= 15 is 0 Å². The number of halogens is 1. The summed E-state index contributed by atoms with van der Waals surface area (Å²) in [4.78, 5) is 42.3. The van der Waals surface area contributed by atoms with Crippen LogP contribution < -0.4 is 4.90 Å². The maximum absolute atomic E-state index is 13.1. The van der Waals surface area contributed by atoms with Gasteiger partial charge in [-0.05, 0) is 52.0 Å². The number of rotatable bonds is 9. The van der Waals surface area contributed by atoms with Gasteiger partial charge in [0.25, 0.3) is 0 Å². The lowest BCUT2D eigenvalue weighted by molar-refractivity contribution is -0.384. The van der Waals surface area contributed by atoms with Crippen molar-refractivity contribution in [1.82, 2.24) is 4.98 Å². The lowest BCUT2D eigenvalue weighted by atomic mass is 9.98. The molecule has 0 spiro atoms. The molecule has 9 heteroatoms. The fourth-order valence-electron chi connectivity index (χ4n) is 3.71. The van der Waals surface area contributed by atoms with Gasteiger partial charge in [0.15, 0.2) is 0 Å². The smallest absolute Gasteiger partial charge is 0.338 e. The topological polar surface area (TPSA) is 103 Å². The molecule has 3 aromatic rings. The maximum Gasteiger partial charge on any atom is 0.338 e. The Balaban J connectivity index is 1.99. The Bertz CT molecular complexity index is 1240. The fraction of sp³-hybridized carbons (Fsp3) is 0.269. The van der Waals surface area contributed by atoms with Crippen molar-refractivity contribution in [3.05, 3.63) is 86.0 Å². The summed E-state index contributed by atoms with van der Waals surface area (Å²) in [6.07, 6.45) is 3.23. The molecule has 0 N–H and O–H groups in total. The van der Waals surface area contributed by atoms with Gasteiger partial charge in [-0.15, -0.1) is 0 Å². The Kier molecular flexibility index (Phi) is 8.70. The quantitative estimate of drug-likeness (QED) is 0.181. The number of benzene rings is 2. The van der Waals surface area contributed by atoms with Crippen molar-refractivity contribution in [2.24, 2.45) is 0 Å². The van der Waals surface area contributed by atoms with E-state index in [0.29, 0.717) is 22.0 Å². The zero-order valence-electron chi connectivity index (χ0n) is 19.8. The van der Waals surface area contributed by atoms with Crippen LogP contribution in [-0.4, -0.2) is 28.9 Å². The standard InChI is InChI=1S/C26H26BrN3O5/c1-4-5-10-23(31)29(25-24(30(33)34)17(2)22(27)15-28-25)16-18-11-13-19(14-12-18)20-8-6-7-9-21(20)26(32)35-3/h6-9,11-15H,4-5,10,16H2,1-3H3. The highest BCUT2D eigenvalue weighted by molar-refractivity contribution is 9.10. The third kappa shape index (κ3) is 5.92. The molecule has 0 saturated carbocycles. The van der Waals surface area contributed by atoms with Gasteiger partial charge in [-0.25, -0.2) is 9.78 Å². The van der Waals surface area contributed by atoms with Crippen LogP contribution in [0.2, 0.25) is 0 Å². The number of amides is 1. The van der Waals surface area contributed by atoms with Gasteiger partial charge in [0.2, 0.25) is 11.7 Å². The zero-order chi connectivity index (χ0) is 25.5. The van der Waals surface area contributed by atoms with Crippen molar-refractivity contribution in [1.29, 1.82) is 0 Å². The zero-order valence-corrected chi connectivity index (χ0v) is 21.4. The van der Waals surface area contributed by atoms with E-state index in [0.717, 1.165) is 23.1 Å². The van der Waals surface area contributed by atoms with Crippen molar-refractivity contribution >= 4 is 39.3 Å². The van der Waals surface area contributed by atoms with E-state index in [9.17, 15) is 19.7 Å². The molecule has 182 valence electrons. The Labute approximate surface area is 212 Å². The first-order valence-electron chi connectivity index (χ1n) is 11.1. The van der Waals surface area contributed by atoms with Crippen molar-refractivity contribution in [2.45, 2.75) is 39.7 Å². The molecule has 1 heterocycles. The monoisotopic (exact) mass is 539 g/mol. The first-order valence-corrected chi connectivity index (χ1v) is 11.9. The van der Waals surface area contributed by atoms with Crippen molar-refractivity contribution in [3.63, 3.8) is 0 Å². The normalized spacial score (nSPS) is 10.6. The Morgan fingerprint density at radius 3 is 2.46 bits per heavy atom. The summed E-state index contributed by atoms with van der Waals surface area (Å²) in [5, 5.41) is 11.9. The van der Waals surface area contributed by atoms with E-state index in [1.165, 1.54) is 18.2 Å². The molecule has 0 atom stereocenters. The number of pyridine rings is 1. The first-order chi connectivity index (χ1) is 16.8. The number of carbonyl (C=O) groups is 2. The molecule has 8 nitrogen and oxygen atoms in total. The van der Waals surface area contributed by atoms with Crippen LogP contribution in [0.15, 0.2) is 59.2 Å². The summed E-state index contributed by atoms with van der Waals surface area (Å²) in [5.41, 5.74) is 2.95. The average Bonchev–Trinajstić information content (AvgIpc) is 2.87. The summed E-state index contributed by atoms with van der Waals surface area (Å²) in [6, 6.07) is 14.5. The summed E-state index contributed by atoms with van der Waals surface area (Å²) in [5.74, 6) is -0.637. The van der Waals surface area contributed by atoms with E-state index < -0.39 is 10.9 Å². The van der Waals surface area contributed by atoms with Gasteiger partial charge in [-0.3, -0.25) is 19.8 Å². The van der Waals surface area contributed by atoms with Crippen LogP contribution in [0.4, 0.5) is 11.5 Å². The molecule has 2 aromatic carbocycles. The minimum Gasteiger partial charge on any atom is -0.465 e. The van der Waals surface area contributed by atoms with Gasteiger partial charge in [0.1, 0.15) is 0 Å². The van der Waals surface area contributed by atoms with Crippen LogP contribution in [0, 0.1) is 17.0 Å². The third-order valence-electron chi connectivity index (χ3n) is 5.65. The molecule has 0 aliphatic carbocycles. The van der Waals surface area contributed by atoms with Gasteiger partial charge in [0, 0.05) is 22.7 Å². The van der Waals surface area contributed by atoms with Crippen LogP contribution in [0.5, 0.6) is 0 Å². The second kappa shape index (κ2) is 11.7. The van der Waals surface area contributed by atoms with Crippen LogP contribution in [-0.2, 0) is 16.1 Å². The highest BCUT2D eigenvalue weighted by Gasteiger charge is 2.29. The Morgan fingerprint density at radius 2 is 1.83 bits per heavy atom. The highest BCUT2D eigenvalue weighted by atomic mass is 79.9. The molecule has 0 aliphatic rings. The molecule has 1 amide bonds. The maximum atomic E-state index is 13.1. The molecular weight excluding hydrogens is 514 g/mol. The molecular formula is C26H26BrN3O5. The predicted molar refractivity (Wildman–Crippen MR) is 137 cm³/mol. The number of aromatic nitrogens is 1. The van der Waals surface area contributed by atoms with Gasteiger partial charge in [-0.1, -0.05) is 55.8 Å². The number of nitro groups is 1. The van der Waals surface area contributed by atoms with Gasteiger partial charge >= 0.3 is 11.7 Å². The molecule has 0 bridgehead atoms. The number of hydrogen-bond donors (Lipinski definition) is 0. The lowest BCUT2D eigenvalue weighted by Crippen LogP contribution is -2.31. The van der Waals surface area contributed by atoms with E-state index in [2.05, 4.69) is 20.9 Å². The number of anilines is 1. The molecule has 0 radical (unpaired) electrons. The third-order valence-corrected chi connectivity index (χ3v) is 6.45. The number of nitrogens with zero attached hydrogens (tertiary/aromatic N) is 3. The Morgan fingerprint density at radius 1 is 1.14 bits per heavy atom. The highest BCUT2D eigenvalue weighted by Crippen LogP contribution is 2.35. The number of esters is 1. The lowest BCUT2D eigenvalue weighted by Gasteiger charge is -2.23. The number of ether oxygens (including phenoxy) is 1. The van der Waals surface area contributed by atoms with Gasteiger partial charge in [0.05, 0.1) is 24.1 Å². The van der Waals surface area contributed by atoms with Gasteiger partial charge in [-0.2, -0.15) is 0 Å². The molecule has 0 saturated heterocycles. The minimum atomic E-state index is -0.505. The van der Waals surface area contributed by atoms with Crippen molar-refractivity contribution in [2.75, 3.05) is 12.0 Å². The second-order valence-corrected chi connectivity index (χ2v) is 8.83. The molecule has 1 aromatic heterocycles. The van der Waals surface area contributed by atoms with Crippen LogP contribution >= 0.6 is 15.9 Å². The van der Waals surface area contributed by atoms with Gasteiger partial charge < -0.3 is 4.74 Å². The Hall–Kier alpha value is -3.59. The number of carbonyl (C=O) groups excluding carboxylic acids is 2. The average molecular weight is 540 g/mol. The summed E-state index contributed by atoms with van der Waals surface area (Å²) >= 11 is 3.29. The van der Waals surface area contributed by atoms with Crippen LogP contribution in [0.1, 0.15) is 47.7 Å². The first kappa shape index (κ1) is 26.0. The largest absolute Gasteiger partial charge is 0.465 e. The molecule has 0 fully saturated rings. The fourth-order valence-corrected chi connectivity index (χ4v) is 4.00. The van der Waals surface area contributed by atoms with E-state index in [-0.39, 0.29) is 30.4 Å². The summed E-state index contributed by atoms with van der Waals surface area (Å²) in [7, 11) is 1.34. The second-order valence-electron chi connectivity index (χ2n) is 7.98. The van der Waals surface area contributed by atoms with E-state index in [1.54, 1.807) is 19.1 Å². The van der Waals surface area contributed by atoms with Crippen LogP contribution in [0.3, 0.4) is 0 Å².